The monoisotopic (exact) mass is 411 g/mol. The van der Waals surface area contributed by atoms with Crippen LogP contribution in [0.1, 0.15) is 32.9 Å². The zero-order valence-corrected chi connectivity index (χ0v) is 17.0. The molecule has 29 heavy (non-hydrogen) atoms. The molecule has 4 rings (SSSR count). The molecule has 1 amide bonds. The average Bonchev–Trinajstić information content (AvgIpc) is 3.13. The first-order chi connectivity index (χ1) is 13.8. The summed E-state index contributed by atoms with van der Waals surface area (Å²) in [5.74, 6) is 0.128. The number of hydrogen-bond acceptors (Lipinski definition) is 5. The molecule has 0 radical (unpaired) electrons. The van der Waals surface area contributed by atoms with E-state index in [2.05, 4.69) is 10.5 Å². The van der Waals surface area contributed by atoms with Crippen LogP contribution >= 0.6 is 0 Å². The highest BCUT2D eigenvalue weighted by molar-refractivity contribution is 7.89. The quantitative estimate of drug-likeness (QED) is 0.711. The van der Waals surface area contributed by atoms with E-state index in [9.17, 15) is 13.2 Å². The Morgan fingerprint density at radius 2 is 1.66 bits per heavy atom. The molecule has 1 N–H and O–H groups in total. The van der Waals surface area contributed by atoms with Gasteiger partial charge in [-0.3, -0.25) is 4.79 Å². The molecule has 0 spiro atoms. The van der Waals surface area contributed by atoms with Crippen molar-refractivity contribution < 1.29 is 17.7 Å². The lowest BCUT2D eigenvalue weighted by atomic mass is 10.1. The van der Waals surface area contributed by atoms with E-state index in [1.165, 1.54) is 4.31 Å². The van der Waals surface area contributed by atoms with Gasteiger partial charge >= 0.3 is 0 Å². The van der Waals surface area contributed by atoms with Gasteiger partial charge in [-0.05, 0) is 38.1 Å². The third kappa shape index (κ3) is 3.81. The predicted octanol–water partition coefficient (Wildman–Crippen LogP) is 3.29. The summed E-state index contributed by atoms with van der Waals surface area (Å²) < 4.78 is 32.7. The van der Waals surface area contributed by atoms with Crippen molar-refractivity contribution in [2.24, 2.45) is 0 Å². The minimum Gasteiger partial charge on any atom is -0.360 e. The number of carbonyl (C=O) groups is 1. The van der Waals surface area contributed by atoms with Gasteiger partial charge in [0.1, 0.15) is 5.76 Å². The molecule has 0 fully saturated rings. The van der Waals surface area contributed by atoms with Gasteiger partial charge in [0.15, 0.2) is 5.69 Å². The number of nitrogens with one attached hydrogen (secondary N) is 1. The molecule has 8 heteroatoms. The van der Waals surface area contributed by atoms with E-state index in [0.717, 1.165) is 11.1 Å². The maximum atomic E-state index is 13.0. The second-order valence-corrected chi connectivity index (χ2v) is 9.09. The van der Waals surface area contributed by atoms with E-state index < -0.39 is 15.9 Å². The van der Waals surface area contributed by atoms with Crippen molar-refractivity contribution in [3.63, 3.8) is 0 Å². The number of amides is 1. The van der Waals surface area contributed by atoms with Crippen molar-refractivity contribution in [3.05, 3.63) is 76.7 Å². The Labute approximate surface area is 169 Å². The summed E-state index contributed by atoms with van der Waals surface area (Å²) >= 11 is 0. The van der Waals surface area contributed by atoms with Crippen molar-refractivity contribution in [1.82, 2.24) is 9.46 Å². The van der Waals surface area contributed by atoms with Crippen LogP contribution in [0, 0.1) is 13.8 Å². The van der Waals surface area contributed by atoms with Crippen LogP contribution in [0.25, 0.3) is 0 Å². The number of aryl methyl sites for hydroxylation is 2. The maximum Gasteiger partial charge on any atom is 0.278 e. The van der Waals surface area contributed by atoms with Crippen molar-refractivity contribution in [1.29, 1.82) is 0 Å². The minimum absolute atomic E-state index is 0.0473. The summed E-state index contributed by atoms with van der Waals surface area (Å²) in [5, 5.41) is 6.69. The van der Waals surface area contributed by atoms with Crippen LogP contribution in [0.5, 0.6) is 0 Å². The Balaban J connectivity index is 1.58. The Bertz CT molecular complexity index is 1150. The Kier molecular flexibility index (Phi) is 4.97. The Hall–Kier alpha value is -2.97. The number of anilines is 1. The number of nitrogens with zero attached hydrogens (tertiary/aromatic N) is 2. The molecule has 1 aliphatic rings. The fourth-order valence-electron chi connectivity index (χ4n) is 3.25. The second kappa shape index (κ2) is 7.46. The lowest BCUT2D eigenvalue weighted by molar-refractivity contribution is 0.101. The lowest BCUT2D eigenvalue weighted by Gasteiger charge is -2.25. The van der Waals surface area contributed by atoms with Gasteiger partial charge in [-0.25, -0.2) is 8.42 Å². The first kappa shape index (κ1) is 19.4. The third-order valence-corrected chi connectivity index (χ3v) is 6.83. The molecule has 2 aromatic carbocycles. The van der Waals surface area contributed by atoms with Crippen molar-refractivity contribution in [2.75, 3.05) is 11.9 Å². The fourth-order valence-corrected chi connectivity index (χ4v) is 4.66. The van der Waals surface area contributed by atoms with E-state index in [4.69, 9.17) is 4.52 Å². The van der Waals surface area contributed by atoms with E-state index in [1.807, 2.05) is 26.0 Å². The maximum absolute atomic E-state index is 13.0. The van der Waals surface area contributed by atoms with E-state index in [-0.39, 0.29) is 23.7 Å². The van der Waals surface area contributed by atoms with Gasteiger partial charge in [0.25, 0.3) is 5.91 Å². The fraction of sp³-hybridized carbons (Fsp3) is 0.238. The van der Waals surface area contributed by atoms with Crippen LogP contribution in [-0.4, -0.2) is 30.3 Å². The molecule has 7 nitrogen and oxygen atoms in total. The molecule has 1 aromatic heterocycles. The Morgan fingerprint density at radius 3 is 2.31 bits per heavy atom. The Morgan fingerprint density at radius 1 is 1.03 bits per heavy atom. The summed E-state index contributed by atoms with van der Waals surface area (Å²) in [4.78, 5) is 12.9. The zero-order chi connectivity index (χ0) is 20.6. The van der Waals surface area contributed by atoms with Crippen LogP contribution in [0.4, 0.5) is 5.69 Å². The first-order valence-electron chi connectivity index (χ1n) is 9.27. The number of aromatic nitrogens is 1. The molecule has 0 bridgehead atoms. The number of hydrogen-bond donors (Lipinski definition) is 1. The first-order valence-corrected chi connectivity index (χ1v) is 10.7. The predicted molar refractivity (Wildman–Crippen MR) is 108 cm³/mol. The summed E-state index contributed by atoms with van der Waals surface area (Å²) in [5.41, 5.74) is 3.33. The number of sulfonamides is 1. The normalized spacial score (nSPS) is 14.4. The van der Waals surface area contributed by atoms with Crippen LogP contribution in [0.3, 0.4) is 0 Å². The van der Waals surface area contributed by atoms with Gasteiger partial charge in [-0.15, -0.1) is 0 Å². The van der Waals surface area contributed by atoms with Gasteiger partial charge in [0.05, 0.1) is 4.90 Å². The smallest absolute Gasteiger partial charge is 0.278 e. The molecule has 0 unspecified atom stereocenters. The second-order valence-electron chi connectivity index (χ2n) is 7.15. The van der Waals surface area contributed by atoms with Gasteiger partial charge in [0, 0.05) is 30.8 Å². The van der Waals surface area contributed by atoms with Gasteiger partial charge in [-0.2, -0.15) is 4.31 Å². The van der Waals surface area contributed by atoms with E-state index in [0.29, 0.717) is 23.4 Å². The van der Waals surface area contributed by atoms with Crippen molar-refractivity contribution in [2.45, 2.75) is 31.7 Å². The van der Waals surface area contributed by atoms with Gasteiger partial charge in [0.2, 0.25) is 10.0 Å². The molecule has 3 aromatic rings. The number of rotatable bonds is 4. The minimum atomic E-state index is -3.67. The lowest BCUT2D eigenvalue weighted by Crippen LogP contribution is -2.36. The highest BCUT2D eigenvalue weighted by Crippen LogP contribution is 2.28. The SMILES string of the molecule is Cc1ccc(NC(=O)c2noc3c2CN(S(=O)(=O)c2ccc(C)cc2)CC3)cc1. The zero-order valence-electron chi connectivity index (χ0n) is 16.2. The topological polar surface area (TPSA) is 92.5 Å². The van der Waals surface area contributed by atoms with E-state index >= 15 is 0 Å². The van der Waals surface area contributed by atoms with Gasteiger partial charge < -0.3 is 9.84 Å². The van der Waals surface area contributed by atoms with E-state index in [1.54, 1.807) is 36.4 Å². The molecule has 1 aliphatic heterocycles. The van der Waals surface area contributed by atoms with Crippen LogP contribution in [0.15, 0.2) is 57.9 Å². The summed E-state index contributed by atoms with van der Waals surface area (Å²) in [6, 6.07) is 14.1. The standard InChI is InChI=1S/C21H21N3O4S/c1-14-3-7-16(8-4-14)22-21(25)20-18-13-24(12-11-19(18)28-23-20)29(26,27)17-9-5-15(2)6-10-17/h3-10H,11-13H2,1-2H3,(H,22,25). The molecule has 0 atom stereocenters. The summed E-state index contributed by atoms with van der Waals surface area (Å²) in [6.45, 7) is 4.19. The molecule has 150 valence electrons. The highest BCUT2D eigenvalue weighted by Gasteiger charge is 2.33. The average molecular weight is 411 g/mol. The van der Waals surface area contributed by atoms with Crippen LogP contribution < -0.4 is 5.32 Å². The molecular weight excluding hydrogens is 390 g/mol. The molecular formula is C21H21N3O4S. The third-order valence-electron chi connectivity index (χ3n) is 4.98. The number of benzene rings is 2. The van der Waals surface area contributed by atoms with Gasteiger partial charge in [-0.1, -0.05) is 40.5 Å². The van der Waals surface area contributed by atoms with Crippen molar-refractivity contribution in [3.8, 4) is 0 Å². The van der Waals surface area contributed by atoms with Crippen LogP contribution in [0.2, 0.25) is 0 Å². The molecule has 0 saturated heterocycles. The summed E-state index contributed by atoms with van der Waals surface area (Å²) in [6.07, 6.45) is 0.366. The molecule has 2 heterocycles. The number of carbonyl (C=O) groups excluding carboxylic acids is 1. The van der Waals surface area contributed by atoms with Crippen molar-refractivity contribution >= 4 is 21.6 Å². The van der Waals surface area contributed by atoms with Crippen LogP contribution in [-0.2, 0) is 23.0 Å². The number of fused-ring (bicyclic) bond motifs is 1. The highest BCUT2D eigenvalue weighted by atomic mass is 32.2. The largest absolute Gasteiger partial charge is 0.360 e. The molecule has 0 saturated carbocycles. The summed E-state index contributed by atoms with van der Waals surface area (Å²) in [7, 11) is -3.67. The molecule has 0 aliphatic carbocycles.